The molecule has 0 amide bonds. The Bertz CT molecular complexity index is 619. The lowest BCUT2D eigenvalue weighted by Crippen LogP contribution is -2.37. The molecule has 3 nitrogen and oxygen atoms in total. The van der Waals surface area contributed by atoms with Crippen molar-refractivity contribution in [3.05, 3.63) is 58.4 Å². The molecule has 2 aromatic rings. The first-order valence-corrected chi connectivity index (χ1v) is 7.35. The first-order chi connectivity index (χ1) is 10.1. The lowest BCUT2D eigenvalue weighted by molar-refractivity contribution is 0.0603. The normalized spacial score (nSPS) is 17.7. The lowest BCUT2D eigenvalue weighted by atomic mass is 9.73. The molecule has 2 heterocycles. The van der Waals surface area contributed by atoms with Gasteiger partial charge in [-0.15, -0.1) is 0 Å². The Morgan fingerprint density at radius 1 is 1.14 bits per heavy atom. The van der Waals surface area contributed by atoms with Gasteiger partial charge in [0.2, 0.25) is 0 Å². The second-order valence-corrected chi connectivity index (χ2v) is 5.66. The Hall–Kier alpha value is -1.52. The summed E-state index contributed by atoms with van der Waals surface area (Å²) < 4.78 is 19.2. The highest BCUT2D eigenvalue weighted by Gasteiger charge is 2.39. The molecule has 0 spiro atoms. The van der Waals surface area contributed by atoms with E-state index in [0.29, 0.717) is 19.0 Å². The van der Waals surface area contributed by atoms with Crippen LogP contribution in [0.3, 0.4) is 0 Å². The van der Waals surface area contributed by atoms with Gasteiger partial charge in [-0.2, -0.15) is 0 Å². The maximum absolute atomic E-state index is 13.7. The van der Waals surface area contributed by atoms with Crippen molar-refractivity contribution in [2.75, 3.05) is 13.2 Å². The molecule has 0 bridgehead atoms. The van der Waals surface area contributed by atoms with Gasteiger partial charge < -0.3 is 4.74 Å². The molecule has 0 radical (unpaired) electrons. The van der Waals surface area contributed by atoms with Gasteiger partial charge in [-0.1, -0.05) is 41.9 Å². The second-order valence-electron chi connectivity index (χ2n) is 5.30. The van der Waals surface area contributed by atoms with Gasteiger partial charge in [0.05, 0.1) is 11.1 Å². The minimum atomic E-state index is -0.546. The highest BCUT2D eigenvalue weighted by molar-refractivity contribution is 6.29. The van der Waals surface area contributed by atoms with Gasteiger partial charge in [0.1, 0.15) is 5.82 Å². The van der Waals surface area contributed by atoms with E-state index in [1.165, 1.54) is 0 Å². The standard InChI is InChI=1S/C16H16ClFN2O/c1-11-13(18)14(17)20-15(19-11)16(7-9-21-10-8-16)12-5-3-2-4-6-12/h2-6H,7-10H2,1H3. The Labute approximate surface area is 128 Å². The predicted octanol–water partition coefficient (Wildman–Crippen LogP) is 3.67. The molecule has 5 heteroatoms. The maximum Gasteiger partial charge on any atom is 0.181 e. The predicted molar refractivity (Wildman–Crippen MR) is 79.0 cm³/mol. The van der Waals surface area contributed by atoms with Crippen molar-refractivity contribution < 1.29 is 9.13 Å². The van der Waals surface area contributed by atoms with Crippen molar-refractivity contribution in [2.45, 2.75) is 25.2 Å². The summed E-state index contributed by atoms with van der Waals surface area (Å²) in [6.45, 7) is 2.88. The fraction of sp³-hybridized carbons (Fsp3) is 0.375. The van der Waals surface area contributed by atoms with Crippen molar-refractivity contribution in [2.24, 2.45) is 0 Å². The van der Waals surface area contributed by atoms with Crippen LogP contribution in [0.4, 0.5) is 4.39 Å². The number of hydrogen-bond donors (Lipinski definition) is 0. The fourth-order valence-electron chi connectivity index (χ4n) is 2.86. The van der Waals surface area contributed by atoms with Gasteiger partial charge in [-0.05, 0) is 25.3 Å². The molecule has 0 unspecified atom stereocenters. The minimum absolute atomic E-state index is 0.112. The van der Waals surface area contributed by atoms with Crippen molar-refractivity contribution >= 4 is 11.6 Å². The van der Waals surface area contributed by atoms with Gasteiger partial charge in [0.15, 0.2) is 11.0 Å². The second kappa shape index (κ2) is 5.70. The zero-order valence-corrected chi connectivity index (χ0v) is 12.5. The molecule has 0 aliphatic carbocycles. The number of benzene rings is 1. The molecule has 1 fully saturated rings. The molecule has 110 valence electrons. The smallest absolute Gasteiger partial charge is 0.181 e. The molecule has 1 saturated heterocycles. The highest BCUT2D eigenvalue weighted by atomic mass is 35.5. The molecule has 21 heavy (non-hydrogen) atoms. The Morgan fingerprint density at radius 3 is 2.43 bits per heavy atom. The van der Waals surface area contributed by atoms with Gasteiger partial charge in [-0.25, -0.2) is 14.4 Å². The van der Waals surface area contributed by atoms with E-state index in [1.807, 2.05) is 18.2 Å². The number of rotatable bonds is 2. The summed E-state index contributed by atoms with van der Waals surface area (Å²) >= 11 is 5.93. The summed E-state index contributed by atoms with van der Waals surface area (Å²) in [4.78, 5) is 8.61. The number of nitrogens with zero attached hydrogens (tertiary/aromatic N) is 2. The topological polar surface area (TPSA) is 35.0 Å². The molecule has 1 aromatic carbocycles. The molecule has 3 rings (SSSR count). The summed E-state index contributed by atoms with van der Waals surface area (Å²) in [5.74, 6) is 0.0385. The first kappa shape index (κ1) is 14.4. The Morgan fingerprint density at radius 2 is 1.81 bits per heavy atom. The summed E-state index contributed by atoms with van der Waals surface area (Å²) in [5, 5.41) is -0.112. The zero-order chi connectivity index (χ0) is 14.9. The molecule has 1 aliphatic rings. The number of ether oxygens (including phenoxy) is 1. The SMILES string of the molecule is Cc1nc(C2(c3ccccc3)CCOCC2)nc(Cl)c1F. The molecule has 1 aromatic heterocycles. The number of hydrogen-bond acceptors (Lipinski definition) is 3. The van der Waals surface area contributed by atoms with E-state index in [1.54, 1.807) is 6.92 Å². The number of halogens is 2. The van der Waals surface area contributed by atoms with Crippen LogP contribution in [0, 0.1) is 12.7 Å². The van der Waals surface area contributed by atoms with E-state index in [2.05, 4.69) is 22.1 Å². The van der Waals surface area contributed by atoms with Crippen LogP contribution in [0.15, 0.2) is 30.3 Å². The van der Waals surface area contributed by atoms with Crippen molar-refractivity contribution in [3.63, 3.8) is 0 Å². The average Bonchev–Trinajstić information content (AvgIpc) is 2.53. The van der Waals surface area contributed by atoms with Crippen LogP contribution in [-0.2, 0) is 10.2 Å². The van der Waals surface area contributed by atoms with Gasteiger partial charge in [0.25, 0.3) is 0 Å². The average molecular weight is 307 g/mol. The van der Waals surface area contributed by atoms with Crippen LogP contribution >= 0.6 is 11.6 Å². The van der Waals surface area contributed by atoms with Crippen LogP contribution in [0.25, 0.3) is 0 Å². The maximum atomic E-state index is 13.7. The summed E-state index contributed by atoms with van der Waals surface area (Å²) in [5.41, 5.74) is 1.05. The van der Waals surface area contributed by atoms with Crippen LogP contribution in [0.1, 0.15) is 29.9 Å². The third-order valence-electron chi connectivity index (χ3n) is 4.08. The largest absolute Gasteiger partial charge is 0.381 e. The van der Waals surface area contributed by atoms with Crippen molar-refractivity contribution in [3.8, 4) is 0 Å². The molecule has 0 saturated carbocycles. The number of aromatic nitrogens is 2. The van der Waals surface area contributed by atoms with E-state index in [0.717, 1.165) is 18.4 Å². The Balaban J connectivity index is 2.17. The first-order valence-electron chi connectivity index (χ1n) is 6.97. The van der Waals surface area contributed by atoms with Crippen molar-refractivity contribution in [1.29, 1.82) is 0 Å². The zero-order valence-electron chi connectivity index (χ0n) is 11.8. The van der Waals surface area contributed by atoms with Crippen LogP contribution in [0.2, 0.25) is 5.15 Å². The Kier molecular flexibility index (Phi) is 3.91. The molecule has 0 N–H and O–H groups in total. The van der Waals surface area contributed by atoms with Crippen molar-refractivity contribution in [1.82, 2.24) is 9.97 Å². The van der Waals surface area contributed by atoms with E-state index in [4.69, 9.17) is 16.3 Å². The highest BCUT2D eigenvalue weighted by Crippen LogP contribution is 2.40. The van der Waals surface area contributed by atoms with E-state index >= 15 is 0 Å². The minimum Gasteiger partial charge on any atom is -0.381 e. The molecule has 0 atom stereocenters. The van der Waals surface area contributed by atoms with E-state index < -0.39 is 5.82 Å². The lowest BCUT2D eigenvalue weighted by Gasteiger charge is -2.36. The fourth-order valence-corrected chi connectivity index (χ4v) is 3.07. The van der Waals surface area contributed by atoms with Gasteiger partial charge in [-0.3, -0.25) is 0 Å². The van der Waals surface area contributed by atoms with E-state index in [9.17, 15) is 4.39 Å². The summed E-state index contributed by atoms with van der Waals surface area (Å²) in [6.07, 6.45) is 1.52. The third kappa shape index (κ3) is 2.54. The quantitative estimate of drug-likeness (QED) is 0.794. The summed E-state index contributed by atoms with van der Waals surface area (Å²) in [7, 11) is 0. The molecular formula is C16H16ClFN2O. The monoisotopic (exact) mass is 306 g/mol. The van der Waals surface area contributed by atoms with E-state index in [-0.39, 0.29) is 16.3 Å². The third-order valence-corrected chi connectivity index (χ3v) is 4.33. The molecular weight excluding hydrogens is 291 g/mol. The number of aryl methyl sites for hydroxylation is 1. The van der Waals surface area contributed by atoms with Crippen LogP contribution in [-0.4, -0.2) is 23.2 Å². The summed E-state index contributed by atoms with van der Waals surface area (Å²) in [6, 6.07) is 10.1. The van der Waals surface area contributed by atoms with Gasteiger partial charge >= 0.3 is 0 Å². The van der Waals surface area contributed by atoms with Crippen LogP contribution in [0.5, 0.6) is 0 Å². The van der Waals surface area contributed by atoms with Crippen LogP contribution < -0.4 is 0 Å². The molecule has 1 aliphatic heterocycles. The van der Waals surface area contributed by atoms with Gasteiger partial charge in [0, 0.05) is 13.2 Å².